The normalized spacial score (nSPS) is 10.4. The van der Waals surface area contributed by atoms with E-state index in [1.807, 2.05) is 13.8 Å². The van der Waals surface area contributed by atoms with Crippen LogP contribution >= 0.6 is 12.2 Å². The zero-order valence-corrected chi connectivity index (χ0v) is 10.6. The number of rotatable bonds is 4. The first-order chi connectivity index (χ1) is 7.91. The van der Waals surface area contributed by atoms with E-state index in [4.69, 9.17) is 18.0 Å². The van der Waals surface area contributed by atoms with Crippen LogP contribution in [-0.4, -0.2) is 28.4 Å². The third kappa shape index (κ3) is 3.78. The molecule has 0 heterocycles. The van der Waals surface area contributed by atoms with Gasteiger partial charge in [-0.25, -0.2) is 4.39 Å². The fourth-order valence-electron chi connectivity index (χ4n) is 1.42. The van der Waals surface area contributed by atoms with Gasteiger partial charge in [0, 0.05) is 11.6 Å². The van der Waals surface area contributed by atoms with Crippen molar-refractivity contribution in [3.05, 3.63) is 35.6 Å². The van der Waals surface area contributed by atoms with Crippen molar-refractivity contribution in [1.29, 1.82) is 0 Å². The molecule has 0 bridgehead atoms. The highest BCUT2D eigenvalue weighted by molar-refractivity contribution is 7.80. The monoisotopic (exact) mass is 254 g/mol. The topological polar surface area (TPSA) is 46.3 Å². The van der Waals surface area contributed by atoms with Gasteiger partial charge in [0.1, 0.15) is 5.82 Å². The molecule has 0 aromatic heterocycles. The number of hydrogen-bond donors (Lipinski definition) is 1. The average molecular weight is 254 g/mol. The molecule has 1 rings (SSSR count). The smallest absolute Gasteiger partial charge is 0.254 e. The van der Waals surface area contributed by atoms with Gasteiger partial charge in [-0.1, -0.05) is 12.2 Å². The van der Waals surface area contributed by atoms with Crippen LogP contribution in [0, 0.1) is 5.82 Å². The highest BCUT2D eigenvalue weighted by Gasteiger charge is 2.19. The Bertz CT molecular complexity index is 417. The second-order valence-corrected chi connectivity index (χ2v) is 4.52. The first kappa shape index (κ1) is 13.6. The van der Waals surface area contributed by atoms with Crippen molar-refractivity contribution in [3.63, 3.8) is 0 Å². The van der Waals surface area contributed by atoms with Crippen LogP contribution in [0.5, 0.6) is 0 Å². The standard InChI is InChI=1S/C12H15FN2OS/c1-8(2)15(7-11(14)17)12(16)9-3-5-10(13)6-4-9/h3-6,8H,7H2,1-2H3,(H2,14,17). The van der Waals surface area contributed by atoms with Crippen LogP contribution in [-0.2, 0) is 0 Å². The number of carbonyl (C=O) groups excluding carboxylic acids is 1. The Morgan fingerprint density at radius 1 is 1.41 bits per heavy atom. The van der Waals surface area contributed by atoms with Crippen molar-refractivity contribution in [2.75, 3.05) is 6.54 Å². The molecule has 5 heteroatoms. The number of halogens is 1. The van der Waals surface area contributed by atoms with Gasteiger partial charge in [0.25, 0.3) is 5.91 Å². The second-order valence-electron chi connectivity index (χ2n) is 4.00. The van der Waals surface area contributed by atoms with Gasteiger partial charge in [0.05, 0.1) is 11.5 Å². The lowest BCUT2D eigenvalue weighted by Crippen LogP contribution is -2.42. The van der Waals surface area contributed by atoms with Gasteiger partial charge < -0.3 is 10.6 Å². The first-order valence-electron chi connectivity index (χ1n) is 5.26. The number of nitrogens with two attached hydrogens (primary N) is 1. The molecule has 17 heavy (non-hydrogen) atoms. The lowest BCUT2D eigenvalue weighted by Gasteiger charge is -2.26. The molecule has 0 spiro atoms. The maximum absolute atomic E-state index is 12.8. The van der Waals surface area contributed by atoms with E-state index in [0.717, 1.165) is 0 Å². The molecular formula is C12H15FN2OS. The van der Waals surface area contributed by atoms with Gasteiger partial charge in [0.15, 0.2) is 0 Å². The van der Waals surface area contributed by atoms with Crippen molar-refractivity contribution >= 4 is 23.1 Å². The van der Waals surface area contributed by atoms with Crippen LogP contribution in [0.4, 0.5) is 4.39 Å². The highest BCUT2D eigenvalue weighted by atomic mass is 32.1. The van der Waals surface area contributed by atoms with Crippen molar-refractivity contribution in [2.45, 2.75) is 19.9 Å². The molecule has 0 aliphatic rings. The number of carbonyl (C=O) groups is 1. The summed E-state index contributed by atoms with van der Waals surface area (Å²) in [6.45, 7) is 3.97. The summed E-state index contributed by atoms with van der Waals surface area (Å²) in [5.41, 5.74) is 5.88. The van der Waals surface area contributed by atoms with E-state index < -0.39 is 0 Å². The Morgan fingerprint density at radius 3 is 2.35 bits per heavy atom. The summed E-state index contributed by atoms with van der Waals surface area (Å²) in [5, 5.41) is 0. The summed E-state index contributed by atoms with van der Waals surface area (Å²) < 4.78 is 12.8. The van der Waals surface area contributed by atoms with Crippen LogP contribution in [0.1, 0.15) is 24.2 Å². The predicted octanol–water partition coefficient (Wildman–Crippen LogP) is 1.96. The van der Waals surface area contributed by atoms with Crippen LogP contribution < -0.4 is 5.73 Å². The van der Waals surface area contributed by atoms with Crippen molar-refractivity contribution in [1.82, 2.24) is 4.90 Å². The minimum Gasteiger partial charge on any atom is -0.392 e. The number of nitrogens with zero attached hydrogens (tertiary/aromatic N) is 1. The quantitative estimate of drug-likeness (QED) is 0.836. The molecular weight excluding hydrogens is 239 g/mol. The molecule has 2 N–H and O–H groups in total. The minimum absolute atomic E-state index is 0.0194. The van der Waals surface area contributed by atoms with Crippen molar-refractivity contribution in [2.24, 2.45) is 5.73 Å². The lowest BCUT2D eigenvalue weighted by molar-refractivity contribution is 0.0736. The molecule has 3 nitrogen and oxygen atoms in total. The molecule has 0 unspecified atom stereocenters. The molecule has 92 valence electrons. The van der Waals surface area contributed by atoms with Gasteiger partial charge in [-0.05, 0) is 38.1 Å². The molecule has 0 fully saturated rings. The number of thiocarbonyl (C=S) groups is 1. The fraction of sp³-hybridized carbons (Fsp3) is 0.333. The van der Waals surface area contributed by atoms with Crippen LogP contribution in [0.3, 0.4) is 0 Å². The van der Waals surface area contributed by atoms with E-state index in [-0.39, 0.29) is 29.3 Å². The first-order valence-corrected chi connectivity index (χ1v) is 5.67. The number of benzene rings is 1. The van der Waals surface area contributed by atoms with E-state index in [1.165, 1.54) is 24.3 Å². The SMILES string of the molecule is CC(C)N(CC(N)=S)C(=O)c1ccc(F)cc1. The Labute approximate surface area is 105 Å². The minimum atomic E-state index is -0.369. The number of hydrogen-bond acceptors (Lipinski definition) is 2. The Hall–Kier alpha value is -1.49. The molecule has 0 radical (unpaired) electrons. The summed E-state index contributed by atoms with van der Waals surface area (Å²) in [7, 11) is 0. The second kappa shape index (κ2) is 5.72. The third-order valence-corrected chi connectivity index (χ3v) is 2.43. The lowest BCUT2D eigenvalue weighted by atomic mass is 10.1. The van der Waals surface area contributed by atoms with Gasteiger partial charge >= 0.3 is 0 Å². The van der Waals surface area contributed by atoms with E-state index in [1.54, 1.807) is 4.90 Å². The van der Waals surface area contributed by atoms with Gasteiger partial charge in [0.2, 0.25) is 0 Å². The third-order valence-electron chi connectivity index (χ3n) is 2.30. The van der Waals surface area contributed by atoms with Crippen molar-refractivity contribution < 1.29 is 9.18 Å². The molecule has 0 aliphatic heterocycles. The maximum Gasteiger partial charge on any atom is 0.254 e. The number of amides is 1. The summed E-state index contributed by atoms with van der Waals surface area (Å²) in [5.74, 6) is -0.570. The van der Waals surface area contributed by atoms with Gasteiger partial charge in [-0.3, -0.25) is 4.79 Å². The molecule has 1 aromatic rings. The van der Waals surface area contributed by atoms with Crippen LogP contribution in [0.25, 0.3) is 0 Å². The van der Waals surface area contributed by atoms with Crippen molar-refractivity contribution in [3.8, 4) is 0 Å². The molecule has 0 atom stereocenters. The van der Waals surface area contributed by atoms with E-state index in [9.17, 15) is 9.18 Å². The zero-order valence-electron chi connectivity index (χ0n) is 9.81. The molecule has 0 saturated heterocycles. The summed E-state index contributed by atoms with van der Waals surface area (Å²) in [4.78, 5) is 13.9. The fourth-order valence-corrected chi connectivity index (χ4v) is 1.55. The molecule has 0 aliphatic carbocycles. The van der Waals surface area contributed by atoms with Gasteiger partial charge in [-0.2, -0.15) is 0 Å². The zero-order chi connectivity index (χ0) is 13.0. The molecule has 1 amide bonds. The Balaban J connectivity index is 2.91. The Kier molecular flexibility index (Phi) is 4.57. The highest BCUT2D eigenvalue weighted by Crippen LogP contribution is 2.09. The maximum atomic E-state index is 12.8. The van der Waals surface area contributed by atoms with E-state index in [2.05, 4.69) is 0 Å². The summed E-state index contributed by atoms with van der Waals surface area (Å²) >= 11 is 4.80. The predicted molar refractivity (Wildman–Crippen MR) is 69.4 cm³/mol. The summed E-state index contributed by atoms with van der Waals surface area (Å²) in [6, 6.07) is 5.40. The summed E-state index contributed by atoms with van der Waals surface area (Å²) in [6.07, 6.45) is 0. The largest absolute Gasteiger partial charge is 0.392 e. The van der Waals surface area contributed by atoms with Crippen LogP contribution in [0.15, 0.2) is 24.3 Å². The van der Waals surface area contributed by atoms with Crippen LogP contribution in [0.2, 0.25) is 0 Å². The molecule has 0 saturated carbocycles. The molecule has 1 aromatic carbocycles. The van der Waals surface area contributed by atoms with E-state index in [0.29, 0.717) is 5.56 Å². The van der Waals surface area contributed by atoms with E-state index >= 15 is 0 Å². The Morgan fingerprint density at radius 2 is 1.94 bits per heavy atom. The average Bonchev–Trinajstić information content (AvgIpc) is 2.25. The van der Waals surface area contributed by atoms with Gasteiger partial charge in [-0.15, -0.1) is 0 Å².